The molecule has 0 unspecified atom stereocenters. The van der Waals surface area contributed by atoms with Gasteiger partial charge in [-0.05, 0) is 24.3 Å². The fourth-order valence-electron chi connectivity index (χ4n) is 2.32. The topological polar surface area (TPSA) is 46.6 Å². The van der Waals surface area contributed by atoms with E-state index in [0.29, 0.717) is 24.6 Å². The molecular weight excluding hydrogens is 250 g/mol. The first-order chi connectivity index (χ1) is 8.74. The Balaban J connectivity index is 1.49. The van der Waals surface area contributed by atoms with E-state index in [1.54, 1.807) is 11.4 Å². The Labute approximate surface area is 110 Å². The Morgan fingerprint density at radius 2 is 2.33 bits per heavy atom. The van der Waals surface area contributed by atoms with Gasteiger partial charge >= 0.3 is 5.97 Å². The molecule has 2 fully saturated rings. The van der Waals surface area contributed by atoms with E-state index in [-0.39, 0.29) is 17.8 Å². The minimum atomic E-state index is -0.284. The van der Waals surface area contributed by atoms with Crippen molar-refractivity contribution in [2.75, 3.05) is 13.2 Å². The van der Waals surface area contributed by atoms with E-state index in [1.807, 2.05) is 10.3 Å². The maximum absolute atomic E-state index is 11.7. The van der Waals surface area contributed by atoms with Gasteiger partial charge in [-0.15, -0.1) is 0 Å². The Bertz CT molecular complexity index is 453. The molecule has 0 radical (unpaired) electrons. The number of thiophene rings is 1. The first-order valence-electron chi connectivity index (χ1n) is 6.23. The number of hydrogen-bond donors (Lipinski definition) is 0. The van der Waals surface area contributed by atoms with Crippen LogP contribution in [-0.4, -0.2) is 36.0 Å². The molecule has 1 aliphatic heterocycles. The highest BCUT2D eigenvalue weighted by Gasteiger charge is 2.39. The fourth-order valence-corrected chi connectivity index (χ4v) is 2.94. The van der Waals surface area contributed by atoms with E-state index in [9.17, 15) is 9.59 Å². The smallest absolute Gasteiger partial charge is 0.338 e. The summed E-state index contributed by atoms with van der Waals surface area (Å²) in [6, 6.07) is 2.22. The molecule has 0 bridgehead atoms. The van der Waals surface area contributed by atoms with Gasteiger partial charge in [0.15, 0.2) is 0 Å². The number of esters is 1. The number of rotatable bonds is 4. The number of amides is 1. The summed E-state index contributed by atoms with van der Waals surface area (Å²) in [6.07, 6.45) is 2.79. The molecule has 1 saturated heterocycles. The first kappa shape index (κ1) is 11.7. The second-order valence-corrected chi connectivity index (χ2v) is 5.74. The third-order valence-electron chi connectivity index (χ3n) is 3.43. The minimum absolute atomic E-state index is 0.167. The summed E-state index contributed by atoms with van der Waals surface area (Å²) in [7, 11) is 0. The predicted octanol–water partition coefficient (Wildman–Crippen LogP) is 1.92. The van der Waals surface area contributed by atoms with Gasteiger partial charge in [-0.2, -0.15) is 11.3 Å². The van der Waals surface area contributed by atoms with Gasteiger partial charge in [0.1, 0.15) is 0 Å². The maximum Gasteiger partial charge on any atom is 0.338 e. The van der Waals surface area contributed by atoms with E-state index < -0.39 is 0 Å². The zero-order chi connectivity index (χ0) is 12.5. The Morgan fingerprint density at radius 3 is 3.00 bits per heavy atom. The molecule has 1 aliphatic carbocycles. The van der Waals surface area contributed by atoms with Crippen LogP contribution in [0.1, 0.15) is 29.6 Å². The van der Waals surface area contributed by atoms with Gasteiger partial charge in [-0.3, -0.25) is 4.79 Å². The average molecular weight is 265 g/mol. The monoisotopic (exact) mass is 265 g/mol. The standard InChI is InChI=1S/C13H15NO3S/c15-12-5-9(6-14(12)11-1-2-11)7-17-13(16)10-3-4-18-8-10/h3-4,8-9,11H,1-2,5-7H2/t9-/m1/s1. The largest absolute Gasteiger partial charge is 0.462 e. The van der Waals surface area contributed by atoms with Crippen molar-refractivity contribution in [3.05, 3.63) is 22.4 Å². The summed E-state index contributed by atoms with van der Waals surface area (Å²) < 4.78 is 5.26. The molecule has 1 amide bonds. The summed E-state index contributed by atoms with van der Waals surface area (Å²) in [5.74, 6) is 0.100. The van der Waals surface area contributed by atoms with Gasteiger partial charge in [-0.25, -0.2) is 4.79 Å². The average Bonchev–Trinajstić information content (AvgIpc) is 2.91. The molecule has 0 spiro atoms. The molecule has 0 aromatic carbocycles. The lowest BCUT2D eigenvalue weighted by Gasteiger charge is -2.15. The number of carbonyl (C=O) groups is 2. The molecule has 1 saturated carbocycles. The van der Waals surface area contributed by atoms with Crippen molar-refractivity contribution in [3.8, 4) is 0 Å². The van der Waals surface area contributed by atoms with E-state index in [2.05, 4.69) is 0 Å². The van der Waals surface area contributed by atoms with Gasteiger partial charge in [0.25, 0.3) is 0 Å². The van der Waals surface area contributed by atoms with Crippen LogP contribution in [0.3, 0.4) is 0 Å². The summed E-state index contributed by atoms with van der Waals surface area (Å²) in [5.41, 5.74) is 0.600. The van der Waals surface area contributed by atoms with E-state index in [4.69, 9.17) is 4.74 Å². The molecule has 0 N–H and O–H groups in total. The van der Waals surface area contributed by atoms with Crippen LogP contribution in [-0.2, 0) is 9.53 Å². The second-order valence-electron chi connectivity index (χ2n) is 4.96. The molecule has 2 aliphatic rings. The normalized spacial score (nSPS) is 23.4. The molecule has 1 aromatic heterocycles. The predicted molar refractivity (Wildman–Crippen MR) is 67.4 cm³/mol. The first-order valence-corrected chi connectivity index (χ1v) is 7.17. The molecule has 18 heavy (non-hydrogen) atoms. The van der Waals surface area contributed by atoms with Crippen molar-refractivity contribution in [1.29, 1.82) is 0 Å². The molecule has 2 heterocycles. The maximum atomic E-state index is 11.7. The highest BCUT2D eigenvalue weighted by molar-refractivity contribution is 7.08. The second kappa shape index (κ2) is 4.72. The SMILES string of the molecule is O=C(OC[C@@H]1CC(=O)N(C2CC2)C1)c1ccsc1. The lowest BCUT2D eigenvalue weighted by molar-refractivity contribution is -0.128. The van der Waals surface area contributed by atoms with Crippen molar-refractivity contribution >= 4 is 23.2 Å². The molecule has 1 aromatic rings. The van der Waals surface area contributed by atoms with Crippen LogP contribution in [0.5, 0.6) is 0 Å². The number of nitrogens with zero attached hydrogens (tertiary/aromatic N) is 1. The third kappa shape index (κ3) is 2.41. The minimum Gasteiger partial charge on any atom is -0.462 e. The Kier molecular flexibility index (Phi) is 3.07. The van der Waals surface area contributed by atoms with Crippen LogP contribution in [0.4, 0.5) is 0 Å². The Hall–Kier alpha value is -1.36. The molecule has 1 atom stereocenters. The van der Waals surface area contributed by atoms with Gasteiger partial charge in [0.2, 0.25) is 5.91 Å². The van der Waals surface area contributed by atoms with Crippen molar-refractivity contribution < 1.29 is 14.3 Å². The number of carbonyl (C=O) groups excluding carboxylic acids is 2. The van der Waals surface area contributed by atoms with Gasteiger partial charge < -0.3 is 9.64 Å². The summed E-state index contributed by atoms with van der Waals surface area (Å²) in [5, 5.41) is 3.63. The van der Waals surface area contributed by atoms with E-state index in [1.165, 1.54) is 11.3 Å². The lowest BCUT2D eigenvalue weighted by atomic mass is 10.1. The van der Waals surface area contributed by atoms with Crippen LogP contribution in [0, 0.1) is 5.92 Å². The zero-order valence-corrected chi connectivity index (χ0v) is 10.8. The van der Waals surface area contributed by atoms with Crippen molar-refractivity contribution in [2.45, 2.75) is 25.3 Å². The van der Waals surface area contributed by atoms with Crippen LogP contribution in [0.25, 0.3) is 0 Å². The lowest BCUT2D eigenvalue weighted by Crippen LogP contribution is -2.27. The van der Waals surface area contributed by atoms with E-state index >= 15 is 0 Å². The Morgan fingerprint density at radius 1 is 1.50 bits per heavy atom. The van der Waals surface area contributed by atoms with Crippen LogP contribution >= 0.6 is 11.3 Å². The van der Waals surface area contributed by atoms with Gasteiger partial charge in [0, 0.05) is 30.3 Å². The summed E-state index contributed by atoms with van der Waals surface area (Å²) in [4.78, 5) is 25.3. The van der Waals surface area contributed by atoms with Crippen LogP contribution in [0.15, 0.2) is 16.8 Å². The summed E-state index contributed by atoms with van der Waals surface area (Å²) in [6.45, 7) is 1.10. The quantitative estimate of drug-likeness (QED) is 0.781. The molecule has 4 nitrogen and oxygen atoms in total. The molecule has 5 heteroatoms. The van der Waals surface area contributed by atoms with E-state index in [0.717, 1.165) is 19.4 Å². The van der Waals surface area contributed by atoms with Crippen LogP contribution < -0.4 is 0 Å². The highest BCUT2D eigenvalue weighted by atomic mass is 32.1. The number of hydrogen-bond acceptors (Lipinski definition) is 4. The highest BCUT2D eigenvalue weighted by Crippen LogP contribution is 2.32. The summed E-state index contributed by atoms with van der Waals surface area (Å²) >= 11 is 1.48. The van der Waals surface area contributed by atoms with Crippen molar-refractivity contribution in [1.82, 2.24) is 4.90 Å². The van der Waals surface area contributed by atoms with Crippen LogP contribution in [0.2, 0.25) is 0 Å². The van der Waals surface area contributed by atoms with Crippen molar-refractivity contribution in [3.63, 3.8) is 0 Å². The van der Waals surface area contributed by atoms with Gasteiger partial charge in [-0.1, -0.05) is 0 Å². The molecule has 96 valence electrons. The van der Waals surface area contributed by atoms with Crippen molar-refractivity contribution in [2.24, 2.45) is 5.92 Å². The fraction of sp³-hybridized carbons (Fsp3) is 0.538. The number of likely N-dealkylation sites (tertiary alicyclic amines) is 1. The third-order valence-corrected chi connectivity index (χ3v) is 4.12. The molecular formula is C13H15NO3S. The zero-order valence-electron chi connectivity index (χ0n) is 10.0. The molecule has 3 rings (SSSR count). The number of ether oxygens (including phenoxy) is 1. The van der Waals surface area contributed by atoms with Gasteiger partial charge in [0.05, 0.1) is 12.2 Å².